The predicted octanol–water partition coefficient (Wildman–Crippen LogP) is 19.6. The number of hydrogen-bond donors (Lipinski definition) is 0. The van der Waals surface area contributed by atoms with E-state index in [9.17, 15) is 4.79 Å². The quantitative estimate of drug-likeness (QED) is 0.0222. The maximum atomic E-state index is 12.9. The Morgan fingerprint density at radius 1 is 0.262 bits per heavy atom. The molecule has 0 bridgehead atoms. The van der Waals surface area contributed by atoms with Crippen LogP contribution in [0.2, 0.25) is 0 Å². The first-order chi connectivity index (χ1) is 50.7. The Hall–Kier alpha value is -11.9. The second-order valence-corrected chi connectivity index (χ2v) is 24.5. The molecule has 0 fully saturated rings. The molecule has 0 saturated heterocycles. The highest BCUT2D eigenvalue weighted by molar-refractivity contribution is 5.89. The van der Waals surface area contributed by atoms with Crippen molar-refractivity contribution in [2.45, 2.75) is 109 Å². The lowest BCUT2D eigenvalue weighted by molar-refractivity contribution is 0.0497. The van der Waals surface area contributed by atoms with E-state index in [2.05, 4.69) is 77.4 Å². The molecule has 0 atom stereocenters. The van der Waals surface area contributed by atoms with Gasteiger partial charge in [-0.05, 0) is 207 Å². The minimum absolute atomic E-state index is 0.310. The molecule has 9 aromatic rings. The number of hydrogen-bond acceptors (Lipinski definition) is 11. The zero-order valence-corrected chi connectivity index (χ0v) is 59.9. The summed E-state index contributed by atoms with van der Waals surface area (Å²) in [7, 11) is 8.19. The van der Waals surface area contributed by atoms with Gasteiger partial charge in [-0.25, -0.2) is 4.79 Å². The van der Waals surface area contributed by atoms with E-state index in [1.165, 1.54) is 25.7 Å². The van der Waals surface area contributed by atoms with E-state index >= 15 is 0 Å². The number of rotatable bonds is 33. The highest BCUT2D eigenvalue weighted by Crippen LogP contribution is 2.35. The molecule has 11 nitrogen and oxygen atoms in total. The normalized spacial score (nSPS) is 10.3. The van der Waals surface area contributed by atoms with Crippen molar-refractivity contribution in [3.63, 3.8) is 0 Å². The number of unbranched alkanes of at least 4 members (excludes halogenated alkanes) is 15. The molecule has 0 spiro atoms. The largest absolute Gasteiger partial charge is 0.497 e. The van der Waals surface area contributed by atoms with E-state index in [1.54, 1.807) is 47.7 Å². The van der Waals surface area contributed by atoms with Gasteiger partial charge in [-0.3, -0.25) is 0 Å². The standard InChI is InChI=1S/C92H89NO10/c1-95-79-46-25-70(26-47-79)35-60-86-87(61-36-71-27-48-80(96-2)49-28-71)89(63-38-73-31-52-82(98-4)53-32-73)91(90(64-39-74-33-54-83(99-5)55-34-74)88(86)62-37-72-29-50-81(97-3)51-30-72)102-67-21-17-13-7-6-8-14-18-22-68-103-92(94)78-44-58-85(59-45-78)101-66-20-16-12-10-9-11-15-19-65-100-84-56-42-77(43-57-84)76-40-23-75(69-93)24-41-76/h23-34,40-59H,6-22,65-68H2,1-5H3. The number of methoxy groups -OCH3 is 5. The topological polar surface area (TPSA) is 124 Å². The second kappa shape index (κ2) is 42.3. The van der Waals surface area contributed by atoms with Gasteiger partial charge in [-0.2, -0.15) is 5.26 Å². The summed E-state index contributed by atoms with van der Waals surface area (Å²) in [5.74, 6) is 40.2. The first kappa shape index (κ1) is 75.3. The molecule has 0 aliphatic heterocycles. The lowest BCUT2D eigenvalue weighted by atomic mass is 9.89. The zero-order chi connectivity index (χ0) is 71.9. The zero-order valence-electron chi connectivity index (χ0n) is 59.9. The van der Waals surface area contributed by atoms with Crippen LogP contribution in [0.1, 0.15) is 181 Å². The number of benzene rings is 9. The van der Waals surface area contributed by atoms with Crippen molar-refractivity contribution in [2.75, 3.05) is 62.0 Å². The van der Waals surface area contributed by atoms with Crippen LogP contribution in [0.5, 0.6) is 46.0 Å². The molecule has 0 aromatic heterocycles. The van der Waals surface area contributed by atoms with Gasteiger partial charge in [0, 0.05) is 27.8 Å². The smallest absolute Gasteiger partial charge is 0.338 e. The summed E-state index contributed by atoms with van der Waals surface area (Å²) in [6.45, 7) is 2.13. The van der Waals surface area contributed by atoms with Crippen molar-refractivity contribution >= 4 is 5.97 Å². The van der Waals surface area contributed by atoms with Gasteiger partial charge >= 0.3 is 5.97 Å². The molecule has 0 aliphatic carbocycles. The minimum atomic E-state index is -0.310. The maximum Gasteiger partial charge on any atom is 0.338 e. The lowest BCUT2D eigenvalue weighted by Gasteiger charge is -2.17. The van der Waals surface area contributed by atoms with Crippen LogP contribution < -0.4 is 37.9 Å². The van der Waals surface area contributed by atoms with Gasteiger partial charge < -0.3 is 42.6 Å². The number of carbonyl (C=O) groups is 1. The Labute approximate surface area is 609 Å². The molecule has 9 aromatic carbocycles. The van der Waals surface area contributed by atoms with Crippen molar-refractivity contribution in [2.24, 2.45) is 0 Å². The number of ether oxygens (including phenoxy) is 9. The molecular weight excluding hydrogens is 1280 g/mol. The summed E-state index contributed by atoms with van der Waals surface area (Å²) in [6, 6.07) is 63.2. The molecule has 522 valence electrons. The van der Waals surface area contributed by atoms with Crippen LogP contribution in [-0.2, 0) is 4.74 Å². The van der Waals surface area contributed by atoms with E-state index in [1.807, 2.05) is 170 Å². The maximum absolute atomic E-state index is 12.9. The number of nitrogens with zero attached hydrogens (tertiary/aromatic N) is 1. The van der Waals surface area contributed by atoms with Crippen LogP contribution >= 0.6 is 0 Å². The number of nitriles is 1. The fourth-order valence-corrected chi connectivity index (χ4v) is 11.2. The summed E-state index contributed by atoms with van der Waals surface area (Å²) in [5.41, 5.74) is 9.80. The molecule has 0 radical (unpaired) electrons. The van der Waals surface area contributed by atoms with Crippen LogP contribution in [0.4, 0.5) is 0 Å². The lowest BCUT2D eigenvalue weighted by Crippen LogP contribution is -2.08. The molecule has 0 N–H and O–H groups in total. The third-order valence-electron chi connectivity index (χ3n) is 17.2. The van der Waals surface area contributed by atoms with E-state index in [0.29, 0.717) is 99.9 Å². The molecule has 0 amide bonds. The van der Waals surface area contributed by atoms with Gasteiger partial charge in [-0.1, -0.05) is 167 Å². The fourth-order valence-electron chi connectivity index (χ4n) is 11.2. The van der Waals surface area contributed by atoms with Gasteiger partial charge in [0.25, 0.3) is 0 Å². The third kappa shape index (κ3) is 24.8. The van der Waals surface area contributed by atoms with Crippen molar-refractivity contribution in [3.8, 4) is 122 Å². The van der Waals surface area contributed by atoms with Crippen LogP contribution in [0.3, 0.4) is 0 Å². The van der Waals surface area contributed by atoms with Gasteiger partial charge in [0.2, 0.25) is 0 Å². The highest BCUT2D eigenvalue weighted by atomic mass is 16.5. The van der Waals surface area contributed by atoms with Crippen molar-refractivity contribution < 1.29 is 47.4 Å². The number of carbonyl (C=O) groups excluding carboxylic acids is 1. The Morgan fingerprint density at radius 3 is 0.816 bits per heavy atom. The average Bonchev–Trinajstić information content (AvgIpc) is 0.763. The first-order valence-electron chi connectivity index (χ1n) is 35.5. The molecule has 0 aliphatic rings. The summed E-state index contributed by atoms with van der Waals surface area (Å²) in [5, 5.41) is 9.05. The van der Waals surface area contributed by atoms with Crippen LogP contribution in [0.15, 0.2) is 194 Å². The Bertz CT molecular complexity index is 4360. The van der Waals surface area contributed by atoms with E-state index in [-0.39, 0.29) is 5.97 Å². The minimum Gasteiger partial charge on any atom is -0.497 e. The van der Waals surface area contributed by atoms with Gasteiger partial charge in [-0.15, -0.1) is 0 Å². The monoisotopic (exact) mass is 1370 g/mol. The molecule has 11 heteroatoms. The second-order valence-electron chi connectivity index (χ2n) is 24.5. The molecule has 0 unspecified atom stereocenters. The van der Waals surface area contributed by atoms with Crippen molar-refractivity contribution in [1.29, 1.82) is 5.26 Å². The van der Waals surface area contributed by atoms with E-state index in [0.717, 1.165) is 134 Å². The van der Waals surface area contributed by atoms with E-state index < -0.39 is 0 Å². The van der Waals surface area contributed by atoms with Gasteiger partial charge in [0.1, 0.15) is 40.2 Å². The molecule has 0 heterocycles. The van der Waals surface area contributed by atoms with Gasteiger partial charge in [0.15, 0.2) is 5.75 Å². The molecule has 0 saturated carbocycles. The first-order valence-corrected chi connectivity index (χ1v) is 35.5. The Morgan fingerprint density at radius 2 is 0.505 bits per heavy atom. The van der Waals surface area contributed by atoms with Crippen molar-refractivity contribution in [3.05, 3.63) is 261 Å². The molecule has 9 rings (SSSR count). The summed E-state index contributed by atoms with van der Waals surface area (Å²) in [4.78, 5) is 12.9. The summed E-state index contributed by atoms with van der Waals surface area (Å²) >= 11 is 0. The average molecular weight is 1370 g/mol. The molecule has 103 heavy (non-hydrogen) atoms. The highest BCUT2D eigenvalue weighted by Gasteiger charge is 2.23. The van der Waals surface area contributed by atoms with Crippen LogP contribution in [0.25, 0.3) is 11.1 Å². The van der Waals surface area contributed by atoms with Crippen LogP contribution in [0, 0.1) is 70.5 Å². The number of esters is 1. The van der Waals surface area contributed by atoms with E-state index in [4.69, 9.17) is 47.9 Å². The molecular formula is C92H89NO10. The van der Waals surface area contributed by atoms with Crippen LogP contribution in [-0.4, -0.2) is 67.9 Å². The fraction of sp³-hybridized carbons (Fsp3) is 0.283. The SMILES string of the molecule is COc1ccc(C#Cc2c(C#Cc3ccc(OC)cc3)c(C#Cc3ccc(OC)cc3)c(OCCCCCCCCCCCOC(=O)c3ccc(OCCCCCCCCCCOc4ccc(-c5ccc(C#N)cc5)cc4)cc3)c(C#Cc3ccc(OC)cc3)c2C#Cc2ccc(OC)cc2)cc1. The Kier molecular flexibility index (Phi) is 30.9. The van der Waals surface area contributed by atoms with Gasteiger partial charge in [0.05, 0.1) is 107 Å². The third-order valence-corrected chi connectivity index (χ3v) is 17.2. The summed E-state index contributed by atoms with van der Waals surface area (Å²) in [6.07, 6.45) is 18.1. The van der Waals surface area contributed by atoms with Crippen molar-refractivity contribution in [1.82, 2.24) is 0 Å². The summed E-state index contributed by atoms with van der Waals surface area (Å²) < 4.78 is 52.2. The Balaban J connectivity index is 0.770. The predicted molar refractivity (Wildman–Crippen MR) is 410 cm³/mol.